The number of thioether (sulfide) groups is 1. The predicted octanol–water partition coefficient (Wildman–Crippen LogP) is 4.55. The first-order chi connectivity index (χ1) is 13.8. The first-order valence-electron chi connectivity index (χ1n) is 10.2. The van der Waals surface area contributed by atoms with Gasteiger partial charge in [0.1, 0.15) is 5.82 Å². The van der Waals surface area contributed by atoms with Crippen LogP contribution in [0.3, 0.4) is 0 Å². The van der Waals surface area contributed by atoms with Crippen LogP contribution in [-0.4, -0.2) is 39.6 Å². The summed E-state index contributed by atoms with van der Waals surface area (Å²) in [6, 6.07) is 14.8. The van der Waals surface area contributed by atoms with Crippen LogP contribution in [-0.2, 0) is 17.6 Å². The van der Waals surface area contributed by atoms with E-state index in [9.17, 15) is 4.79 Å². The number of carbonyl (C=O) groups excluding carboxylic acids is 1. The minimum atomic E-state index is 0.242. The van der Waals surface area contributed by atoms with E-state index in [1.165, 1.54) is 35.3 Å². The molecule has 2 aliphatic rings. The van der Waals surface area contributed by atoms with Crippen molar-refractivity contribution < 1.29 is 4.79 Å². The van der Waals surface area contributed by atoms with Crippen LogP contribution in [0.15, 0.2) is 47.4 Å². The Bertz CT molecular complexity index is 979. The number of H-pyrrole nitrogens is 1. The molecule has 1 aliphatic heterocycles. The van der Waals surface area contributed by atoms with Crippen LogP contribution in [0, 0.1) is 0 Å². The summed E-state index contributed by atoms with van der Waals surface area (Å²) in [6.07, 6.45) is 5.77. The minimum Gasteiger partial charge on any atom is -0.342 e. The number of carbonyl (C=O) groups is 1. The average molecular weight is 392 g/mol. The molecule has 2 aromatic carbocycles. The Morgan fingerprint density at radius 2 is 2.04 bits per heavy atom. The van der Waals surface area contributed by atoms with Crippen molar-refractivity contribution in [1.29, 1.82) is 0 Å². The number of aryl methyl sites for hydroxylation is 2. The number of piperidine rings is 1. The third-order valence-electron chi connectivity index (χ3n) is 6.00. The quantitative estimate of drug-likeness (QED) is 0.664. The number of rotatable bonds is 4. The van der Waals surface area contributed by atoms with Crippen LogP contribution in [0.4, 0.5) is 0 Å². The summed E-state index contributed by atoms with van der Waals surface area (Å²) in [7, 11) is 0. The normalized spacial score (nSPS) is 19.1. The zero-order valence-electron chi connectivity index (χ0n) is 16.0. The van der Waals surface area contributed by atoms with Crippen LogP contribution in [0.2, 0.25) is 0 Å². The molecule has 2 heterocycles. The highest BCUT2D eigenvalue weighted by Crippen LogP contribution is 2.30. The van der Waals surface area contributed by atoms with Crippen molar-refractivity contribution in [1.82, 2.24) is 14.9 Å². The largest absolute Gasteiger partial charge is 0.342 e. The van der Waals surface area contributed by atoms with E-state index in [0.717, 1.165) is 42.8 Å². The minimum absolute atomic E-state index is 0.242. The highest BCUT2D eigenvalue weighted by molar-refractivity contribution is 8.00. The number of imidazole rings is 1. The maximum absolute atomic E-state index is 12.8. The highest BCUT2D eigenvalue weighted by Gasteiger charge is 2.26. The van der Waals surface area contributed by atoms with E-state index in [4.69, 9.17) is 4.98 Å². The van der Waals surface area contributed by atoms with Gasteiger partial charge in [-0.25, -0.2) is 4.98 Å². The summed E-state index contributed by atoms with van der Waals surface area (Å²) in [6.45, 7) is 1.63. The van der Waals surface area contributed by atoms with E-state index in [1.807, 2.05) is 23.1 Å². The van der Waals surface area contributed by atoms with Crippen molar-refractivity contribution in [2.24, 2.45) is 0 Å². The van der Waals surface area contributed by atoms with Crippen LogP contribution in [0.1, 0.15) is 42.1 Å². The van der Waals surface area contributed by atoms with Crippen LogP contribution < -0.4 is 0 Å². The van der Waals surface area contributed by atoms with E-state index in [2.05, 4.69) is 29.2 Å². The van der Waals surface area contributed by atoms with Gasteiger partial charge in [0.25, 0.3) is 0 Å². The number of fused-ring (bicyclic) bond motifs is 2. The molecule has 1 N–H and O–H groups in total. The number of para-hydroxylation sites is 2. The number of amides is 1. The van der Waals surface area contributed by atoms with Gasteiger partial charge in [-0.2, -0.15) is 0 Å². The molecule has 0 bridgehead atoms. The van der Waals surface area contributed by atoms with Crippen LogP contribution >= 0.6 is 11.8 Å². The number of likely N-dealkylation sites (tertiary alicyclic amines) is 1. The molecular weight excluding hydrogens is 366 g/mol. The lowest BCUT2D eigenvalue weighted by Crippen LogP contribution is -2.40. The van der Waals surface area contributed by atoms with Crippen molar-refractivity contribution >= 4 is 28.7 Å². The third-order valence-corrected chi connectivity index (χ3v) is 6.98. The Morgan fingerprint density at radius 3 is 2.96 bits per heavy atom. The second kappa shape index (κ2) is 7.63. The number of hydrogen-bond donors (Lipinski definition) is 1. The van der Waals surface area contributed by atoms with Gasteiger partial charge in [-0.05, 0) is 67.5 Å². The Kier molecular flexibility index (Phi) is 4.85. The number of hydrogen-bond acceptors (Lipinski definition) is 3. The van der Waals surface area contributed by atoms with Gasteiger partial charge >= 0.3 is 0 Å². The molecule has 1 unspecified atom stereocenters. The van der Waals surface area contributed by atoms with Gasteiger partial charge in [0.2, 0.25) is 5.91 Å². The van der Waals surface area contributed by atoms with E-state index in [-0.39, 0.29) is 5.91 Å². The standard InChI is InChI=1S/C23H25N3OS/c27-22(15-28-19-11-10-16-5-3-6-17(16)13-19)26-12-4-7-18(14-26)23-24-20-8-1-2-9-21(20)25-23/h1-2,8-11,13,18H,3-7,12,14-15H2,(H,24,25). The first-order valence-corrected chi connectivity index (χ1v) is 11.2. The lowest BCUT2D eigenvalue weighted by atomic mass is 9.97. The van der Waals surface area contributed by atoms with Crippen molar-refractivity contribution in [3.05, 3.63) is 59.4 Å². The van der Waals surface area contributed by atoms with Crippen LogP contribution in [0.5, 0.6) is 0 Å². The monoisotopic (exact) mass is 391 g/mol. The lowest BCUT2D eigenvalue weighted by molar-refractivity contribution is -0.129. The number of aromatic amines is 1. The molecule has 0 radical (unpaired) electrons. The van der Waals surface area contributed by atoms with Crippen molar-refractivity contribution in [3.63, 3.8) is 0 Å². The van der Waals surface area contributed by atoms with Gasteiger partial charge in [-0.1, -0.05) is 18.2 Å². The Hall–Kier alpha value is -2.27. The Morgan fingerprint density at radius 1 is 1.14 bits per heavy atom. The SMILES string of the molecule is O=C(CSc1ccc2c(c1)CCC2)N1CCCC(c2nc3ccccc3[nH]2)C1. The summed E-state index contributed by atoms with van der Waals surface area (Å²) < 4.78 is 0. The Labute approximate surface area is 169 Å². The second-order valence-corrected chi connectivity index (χ2v) is 8.94. The van der Waals surface area contributed by atoms with E-state index in [0.29, 0.717) is 11.7 Å². The summed E-state index contributed by atoms with van der Waals surface area (Å²) in [5.74, 6) is 2.08. The molecule has 3 aromatic rings. The zero-order chi connectivity index (χ0) is 18.9. The fourth-order valence-corrected chi connectivity index (χ4v) is 5.33. The molecule has 144 valence electrons. The predicted molar refractivity (Wildman–Crippen MR) is 114 cm³/mol. The molecule has 1 amide bonds. The van der Waals surface area contributed by atoms with Crippen molar-refractivity contribution in [2.45, 2.75) is 42.9 Å². The number of benzene rings is 2. The fraction of sp³-hybridized carbons (Fsp3) is 0.391. The molecule has 5 heteroatoms. The molecule has 1 aromatic heterocycles. The third kappa shape index (κ3) is 3.55. The topological polar surface area (TPSA) is 49.0 Å². The molecule has 5 rings (SSSR count). The lowest BCUT2D eigenvalue weighted by Gasteiger charge is -2.31. The van der Waals surface area contributed by atoms with E-state index >= 15 is 0 Å². The molecule has 1 saturated heterocycles. The molecule has 4 nitrogen and oxygen atoms in total. The van der Waals surface area contributed by atoms with Crippen molar-refractivity contribution in [3.8, 4) is 0 Å². The van der Waals surface area contributed by atoms with Gasteiger partial charge in [0, 0.05) is 23.9 Å². The second-order valence-electron chi connectivity index (χ2n) is 7.89. The van der Waals surface area contributed by atoms with Crippen LogP contribution in [0.25, 0.3) is 11.0 Å². The maximum atomic E-state index is 12.8. The van der Waals surface area contributed by atoms with E-state index < -0.39 is 0 Å². The molecule has 28 heavy (non-hydrogen) atoms. The number of aromatic nitrogens is 2. The fourth-order valence-electron chi connectivity index (χ4n) is 4.47. The van der Waals surface area contributed by atoms with Gasteiger partial charge in [-0.3, -0.25) is 4.79 Å². The van der Waals surface area contributed by atoms with Gasteiger partial charge in [0.15, 0.2) is 0 Å². The highest BCUT2D eigenvalue weighted by atomic mass is 32.2. The molecule has 1 fully saturated rings. The Balaban J connectivity index is 1.22. The molecule has 1 aliphatic carbocycles. The summed E-state index contributed by atoms with van der Waals surface area (Å²) in [5, 5.41) is 0. The molecule has 1 atom stereocenters. The zero-order valence-corrected chi connectivity index (χ0v) is 16.8. The summed E-state index contributed by atoms with van der Waals surface area (Å²) in [5.41, 5.74) is 5.04. The summed E-state index contributed by atoms with van der Waals surface area (Å²) >= 11 is 1.67. The smallest absolute Gasteiger partial charge is 0.232 e. The van der Waals surface area contributed by atoms with Gasteiger partial charge < -0.3 is 9.88 Å². The first kappa shape index (κ1) is 17.8. The summed E-state index contributed by atoms with van der Waals surface area (Å²) in [4.78, 5) is 24.3. The molecule has 0 spiro atoms. The van der Waals surface area contributed by atoms with Gasteiger partial charge in [0.05, 0.1) is 16.8 Å². The van der Waals surface area contributed by atoms with E-state index in [1.54, 1.807) is 11.8 Å². The number of nitrogens with zero attached hydrogens (tertiary/aromatic N) is 2. The maximum Gasteiger partial charge on any atom is 0.232 e. The average Bonchev–Trinajstić information content (AvgIpc) is 3.38. The molecule has 0 saturated carbocycles. The molecular formula is C23H25N3OS. The number of nitrogens with one attached hydrogen (secondary N) is 1. The van der Waals surface area contributed by atoms with Gasteiger partial charge in [-0.15, -0.1) is 11.8 Å². The van der Waals surface area contributed by atoms with Crippen molar-refractivity contribution in [2.75, 3.05) is 18.8 Å².